The highest BCUT2D eigenvalue weighted by Gasteiger charge is 2.17. The van der Waals surface area contributed by atoms with Crippen LogP contribution in [0.3, 0.4) is 0 Å². The van der Waals surface area contributed by atoms with E-state index in [-0.39, 0.29) is 17.6 Å². The number of carbonyl (C=O) groups excluding carboxylic acids is 1. The molecule has 10 heteroatoms. The Morgan fingerprint density at radius 1 is 1.00 bits per heavy atom. The molecule has 0 unspecified atom stereocenters. The fourth-order valence-electron chi connectivity index (χ4n) is 3.30. The summed E-state index contributed by atoms with van der Waals surface area (Å²) in [5, 5.41) is 8.16. The predicted octanol–water partition coefficient (Wildman–Crippen LogP) is 3.96. The highest BCUT2D eigenvalue weighted by Crippen LogP contribution is 2.26. The molecule has 3 heterocycles. The molecule has 2 N–H and O–H groups in total. The van der Waals surface area contributed by atoms with Crippen LogP contribution in [0, 0.1) is 0 Å². The summed E-state index contributed by atoms with van der Waals surface area (Å²) in [5.74, 6) is 0.0905. The molecule has 32 heavy (non-hydrogen) atoms. The molecule has 0 radical (unpaired) electrons. The Balaban J connectivity index is 1.47. The number of anilines is 2. The van der Waals surface area contributed by atoms with Gasteiger partial charge < -0.3 is 15.1 Å². The van der Waals surface area contributed by atoms with Crippen LogP contribution in [0.2, 0.25) is 5.02 Å². The van der Waals surface area contributed by atoms with Gasteiger partial charge in [-0.25, -0.2) is 9.97 Å². The Morgan fingerprint density at radius 2 is 1.72 bits per heavy atom. The van der Waals surface area contributed by atoms with E-state index in [4.69, 9.17) is 21.8 Å². The van der Waals surface area contributed by atoms with Gasteiger partial charge in [0.25, 0.3) is 5.91 Å². The third-order valence-corrected chi connectivity index (χ3v) is 5.25. The van der Waals surface area contributed by atoms with E-state index in [1.807, 2.05) is 28.7 Å². The molecule has 0 saturated heterocycles. The van der Waals surface area contributed by atoms with Crippen molar-refractivity contribution < 1.29 is 9.21 Å². The van der Waals surface area contributed by atoms with Crippen LogP contribution in [0.15, 0.2) is 71.5 Å². The Labute approximate surface area is 187 Å². The zero-order valence-electron chi connectivity index (χ0n) is 16.8. The average molecular weight is 446 g/mol. The van der Waals surface area contributed by atoms with Crippen LogP contribution >= 0.6 is 11.6 Å². The molecule has 1 amide bonds. The minimum atomic E-state index is -0.252. The molecular formula is C22H16ClN7O2. The molecule has 3 aromatic heterocycles. The molecular weight excluding hydrogens is 430 g/mol. The van der Waals surface area contributed by atoms with Crippen molar-refractivity contribution in [1.29, 1.82) is 0 Å². The van der Waals surface area contributed by atoms with E-state index in [9.17, 15) is 4.79 Å². The van der Waals surface area contributed by atoms with Gasteiger partial charge in [0, 0.05) is 35.1 Å². The maximum Gasteiger partial charge on any atom is 0.313 e. The fourth-order valence-corrected chi connectivity index (χ4v) is 3.43. The number of nitrogens with two attached hydrogens (primary N) is 1. The van der Waals surface area contributed by atoms with Gasteiger partial charge in [0.2, 0.25) is 5.89 Å². The Hall–Kier alpha value is -4.24. The van der Waals surface area contributed by atoms with Crippen LogP contribution in [-0.4, -0.2) is 37.5 Å². The van der Waals surface area contributed by atoms with Gasteiger partial charge in [-0.3, -0.25) is 9.20 Å². The predicted molar refractivity (Wildman–Crippen MR) is 120 cm³/mol. The highest BCUT2D eigenvalue weighted by atomic mass is 35.5. The number of fused-ring (bicyclic) bond motifs is 1. The van der Waals surface area contributed by atoms with E-state index >= 15 is 0 Å². The number of nitrogen functional groups attached to an aromatic ring is 1. The second kappa shape index (κ2) is 7.78. The van der Waals surface area contributed by atoms with Crippen LogP contribution < -0.4 is 10.6 Å². The fraction of sp³-hybridized carbons (Fsp3) is 0.0455. The smallest absolute Gasteiger partial charge is 0.313 e. The summed E-state index contributed by atoms with van der Waals surface area (Å²) < 4.78 is 7.09. The first-order chi connectivity index (χ1) is 15.5. The summed E-state index contributed by atoms with van der Waals surface area (Å²) in [5.41, 5.74) is 9.56. The van der Waals surface area contributed by atoms with Gasteiger partial charge in [-0.15, -0.1) is 5.10 Å². The summed E-state index contributed by atoms with van der Waals surface area (Å²) in [7, 11) is 1.69. The van der Waals surface area contributed by atoms with Crippen LogP contribution in [0.25, 0.3) is 28.4 Å². The van der Waals surface area contributed by atoms with Crippen molar-refractivity contribution in [2.75, 3.05) is 17.7 Å². The van der Waals surface area contributed by atoms with E-state index in [0.717, 1.165) is 16.8 Å². The molecule has 0 saturated carbocycles. The third kappa shape index (κ3) is 3.54. The van der Waals surface area contributed by atoms with Crippen LogP contribution in [0.1, 0.15) is 10.5 Å². The lowest BCUT2D eigenvalue weighted by atomic mass is 10.1. The molecule has 0 aliphatic rings. The van der Waals surface area contributed by atoms with Gasteiger partial charge in [-0.05, 0) is 36.4 Å². The molecule has 0 atom stereocenters. The first-order valence-electron chi connectivity index (χ1n) is 9.56. The van der Waals surface area contributed by atoms with Crippen molar-refractivity contribution in [1.82, 2.24) is 24.6 Å². The first kappa shape index (κ1) is 19.7. The summed E-state index contributed by atoms with van der Waals surface area (Å²) in [4.78, 5) is 23.2. The number of hydrogen-bond acceptors (Lipinski definition) is 7. The third-order valence-electron chi connectivity index (χ3n) is 5.00. The second-order valence-corrected chi connectivity index (χ2v) is 7.44. The molecule has 9 nitrogen and oxygen atoms in total. The first-order valence-corrected chi connectivity index (χ1v) is 9.94. The largest absolute Gasteiger partial charge is 0.404 e. The van der Waals surface area contributed by atoms with Crippen LogP contribution in [-0.2, 0) is 0 Å². The van der Waals surface area contributed by atoms with Crippen molar-refractivity contribution in [2.45, 2.75) is 0 Å². The molecule has 158 valence electrons. The number of halogens is 1. The highest BCUT2D eigenvalue weighted by molar-refractivity contribution is 6.30. The van der Waals surface area contributed by atoms with Crippen LogP contribution in [0.5, 0.6) is 0 Å². The number of aromatic nitrogens is 5. The topological polar surface area (TPSA) is 115 Å². The van der Waals surface area contributed by atoms with Crippen LogP contribution in [0.4, 0.5) is 11.7 Å². The molecule has 0 aliphatic carbocycles. The zero-order valence-corrected chi connectivity index (χ0v) is 17.6. The summed E-state index contributed by atoms with van der Waals surface area (Å²) >= 11 is 5.94. The van der Waals surface area contributed by atoms with Crippen molar-refractivity contribution >= 4 is 34.9 Å². The zero-order chi connectivity index (χ0) is 22.2. The SMILES string of the molecule is CN(C(=O)c1cn2c(-c3ccc(-c4nnc(N)o4)cc3)cnc2cn1)c1ccc(Cl)cc1. The lowest BCUT2D eigenvalue weighted by Crippen LogP contribution is -2.27. The van der Waals surface area contributed by atoms with Gasteiger partial charge >= 0.3 is 6.01 Å². The van der Waals surface area contributed by atoms with E-state index in [1.54, 1.807) is 49.9 Å². The van der Waals surface area contributed by atoms with Crippen molar-refractivity contribution in [3.8, 4) is 22.7 Å². The quantitative estimate of drug-likeness (QED) is 0.445. The normalized spacial score (nSPS) is 11.1. The summed E-state index contributed by atoms with van der Waals surface area (Å²) in [6, 6.07) is 14.5. The second-order valence-electron chi connectivity index (χ2n) is 7.01. The number of carbonyl (C=O) groups is 1. The average Bonchev–Trinajstić information content (AvgIpc) is 3.44. The molecule has 0 bridgehead atoms. The minimum absolute atomic E-state index is 0.0131. The number of imidazole rings is 1. The molecule has 5 aromatic rings. The Kier molecular flexibility index (Phi) is 4.79. The molecule has 0 fully saturated rings. The van der Waals surface area contributed by atoms with Crippen molar-refractivity contribution in [3.05, 3.63) is 77.8 Å². The molecule has 0 spiro atoms. The Morgan fingerprint density at radius 3 is 2.41 bits per heavy atom. The summed E-state index contributed by atoms with van der Waals surface area (Å²) in [6.07, 6.45) is 4.98. The van der Waals surface area contributed by atoms with E-state index in [0.29, 0.717) is 22.2 Å². The lowest BCUT2D eigenvalue weighted by molar-refractivity contribution is 0.0988. The Bertz CT molecular complexity index is 1430. The van der Waals surface area contributed by atoms with Gasteiger partial charge in [-0.2, -0.15) is 0 Å². The maximum absolute atomic E-state index is 13.0. The lowest BCUT2D eigenvalue weighted by Gasteiger charge is -2.17. The van der Waals surface area contributed by atoms with Gasteiger partial charge in [0.1, 0.15) is 5.69 Å². The van der Waals surface area contributed by atoms with Gasteiger partial charge in [0.05, 0.1) is 18.1 Å². The van der Waals surface area contributed by atoms with E-state index < -0.39 is 0 Å². The van der Waals surface area contributed by atoms with Crippen molar-refractivity contribution in [3.63, 3.8) is 0 Å². The maximum atomic E-state index is 13.0. The molecule has 0 aliphatic heterocycles. The number of hydrogen-bond donors (Lipinski definition) is 1. The van der Waals surface area contributed by atoms with E-state index in [2.05, 4.69) is 20.2 Å². The summed E-state index contributed by atoms with van der Waals surface area (Å²) in [6.45, 7) is 0. The van der Waals surface area contributed by atoms with Crippen molar-refractivity contribution in [2.24, 2.45) is 0 Å². The minimum Gasteiger partial charge on any atom is -0.404 e. The number of rotatable bonds is 4. The standard InChI is InChI=1S/C22H16ClN7O2/c1-29(16-8-6-15(23)7-9-16)21(31)17-12-30-18(10-26-19(30)11-25-17)13-2-4-14(5-3-13)20-27-28-22(24)32-20/h2-12H,1H3,(H2,24,28). The number of amides is 1. The van der Waals surface area contributed by atoms with Gasteiger partial charge in [0.15, 0.2) is 5.65 Å². The monoisotopic (exact) mass is 445 g/mol. The van der Waals surface area contributed by atoms with E-state index in [1.165, 1.54) is 4.90 Å². The molecule has 5 rings (SSSR count). The number of nitrogens with zero attached hydrogens (tertiary/aromatic N) is 6. The molecule has 2 aromatic carbocycles. The van der Waals surface area contributed by atoms with Gasteiger partial charge in [-0.1, -0.05) is 28.8 Å². The number of benzene rings is 2.